The molecule has 1 aliphatic heterocycles. The van der Waals surface area contributed by atoms with E-state index in [1.165, 1.54) is 11.3 Å². The molecule has 0 unspecified atom stereocenters. The largest absolute Gasteiger partial charge is 0.454 e. The number of hydrogen-bond donors (Lipinski definition) is 1. The third kappa shape index (κ3) is 3.51. The highest BCUT2D eigenvalue weighted by atomic mass is 32.1. The molecule has 0 atom stereocenters. The molecule has 1 N–H and O–H groups in total. The molecule has 6 nitrogen and oxygen atoms in total. The number of carbonyl (C=O) groups excluding carboxylic acids is 1. The van der Waals surface area contributed by atoms with E-state index in [-0.39, 0.29) is 19.1 Å². The Morgan fingerprint density at radius 1 is 1.04 bits per heavy atom. The van der Waals surface area contributed by atoms with Gasteiger partial charge in [0.05, 0.1) is 17.8 Å². The fraction of sp³-hybridized carbons (Fsp3) is 0.105. The van der Waals surface area contributed by atoms with Crippen LogP contribution in [0.15, 0.2) is 45.8 Å². The van der Waals surface area contributed by atoms with Crippen LogP contribution in [0.5, 0.6) is 11.5 Å². The Hall–Kier alpha value is -2.75. The van der Waals surface area contributed by atoms with Crippen LogP contribution in [0, 0.1) is 0 Å². The lowest BCUT2D eigenvalue weighted by Gasteiger charge is -2.01. The van der Waals surface area contributed by atoms with Crippen LogP contribution >= 0.6 is 34.0 Å². The van der Waals surface area contributed by atoms with Crippen molar-refractivity contribution < 1.29 is 14.3 Å². The highest BCUT2D eigenvalue weighted by molar-refractivity contribution is 7.14. The zero-order valence-electron chi connectivity index (χ0n) is 14.4. The summed E-state index contributed by atoms with van der Waals surface area (Å²) < 4.78 is 10.7. The maximum atomic E-state index is 12.4. The van der Waals surface area contributed by atoms with Crippen LogP contribution in [0.25, 0.3) is 21.8 Å². The molecule has 0 aliphatic carbocycles. The number of fused-ring (bicyclic) bond motifs is 1. The van der Waals surface area contributed by atoms with Gasteiger partial charge in [-0.1, -0.05) is 0 Å². The van der Waals surface area contributed by atoms with E-state index in [2.05, 4.69) is 20.7 Å². The Labute approximate surface area is 172 Å². The number of thiazole rings is 2. The maximum absolute atomic E-state index is 12.4. The second-order valence-electron chi connectivity index (χ2n) is 5.99. The lowest BCUT2D eigenvalue weighted by Crippen LogP contribution is -2.14. The first-order valence-corrected chi connectivity index (χ1v) is 11.1. The topological polar surface area (TPSA) is 73.3 Å². The number of carbonyl (C=O) groups is 1. The first-order chi connectivity index (χ1) is 13.7. The summed E-state index contributed by atoms with van der Waals surface area (Å²) in [7, 11) is 0. The molecule has 1 aliphatic rings. The van der Waals surface area contributed by atoms with Crippen LogP contribution in [0.2, 0.25) is 0 Å². The second-order valence-corrected chi connectivity index (χ2v) is 8.48. The minimum Gasteiger partial charge on any atom is -0.454 e. The molecule has 0 spiro atoms. The van der Waals surface area contributed by atoms with E-state index >= 15 is 0 Å². The van der Waals surface area contributed by atoms with Gasteiger partial charge in [-0.05, 0) is 29.6 Å². The van der Waals surface area contributed by atoms with Crippen molar-refractivity contribution in [3.8, 4) is 33.3 Å². The van der Waals surface area contributed by atoms with Crippen molar-refractivity contribution in [2.24, 2.45) is 0 Å². The van der Waals surface area contributed by atoms with Gasteiger partial charge in [-0.25, -0.2) is 9.97 Å². The van der Waals surface area contributed by atoms with Crippen LogP contribution < -0.4 is 14.8 Å². The van der Waals surface area contributed by atoms with Crippen LogP contribution in [0.3, 0.4) is 0 Å². The number of anilines is 1. The number of benzene rings is 1. The van der Waals surface area contributed by atoms with Crippen molar-refractivity contribution in [2.45, 2.75) is 6.42 Å². The molecule has 28 heavy (non-hydrogen) atoms. The first kappa shape index (κ1) is 17.4. The van der Waals surface area contributed by atoms with Crippen molar-refractivity contribution in [2.75, 3.05) is 12.1 Å². The summed E-state index contributed by atoms with van der Waals surface area (Å²) in [6.07, 6.45) is 0.222. The van der Waals surface area contributed by atoms with Crippen molar-refractivity contribution in [3.05, 3.63) is 51.5 Å². The van der Waals surface area contributed by atoms with Crippen molar-refractivity contribution in [1.29, 1.82) is 0 Å². The fourth-order valence-corrected chi connectivity index (χ4v) is 5.02. The number of ether oxygens (including phenoxy) is 2. The van der Waals surface area contributed by atoms with E-state index in [9.17, 15) is 4.79 Å². The monoisotopic (exact) mass is 427 g/mol. The van der Waals surface area contributed by atoms with Crippen molar-refractivity contribution >= 4 is 45.0 Å². The summed E-state index contributed by atoms with van der Waals surface area (Å²) in [6.45, 7) is 0.238. The molecular formula is C19H13N3O3S3. The van der Waals surface area contributed by atoms with Crippen LogP contribution in [-0.4, -0.2) is 22.7 Å². The third-order valence-corrected chi connectivity index (χ3v) is 6.46. The summed E-state index contributed by atoms with van der Waals surface area (Å²) in [5.74, 6) is 1.31. The Bertz CT molecular complexity index is 1130. The number of aromatic nitrogens is 2. The van der Waals surface area contributed by atoms with Crippen LogP contribution in [-0.2, 0) is 11.2 Å². The zero-order chi connectivity index (χ0) is 18.9. The summed E-state index contributed by atoms with van der Waals surface area (Å²) >= 11 is 4.57. The van der Waals surface area contributed by atoms with Gasteiger partial charge in [-0.15, -0.1) is 22.7 Å². The molecule has 140 valence electrons. The molecule has 0 saturated heterocycles. The quantitative estimate of drug-likeness (QED) is 0.490. The van der Waals surface area contributed by atoms with Gasteiger partial charge >= 0.3 is 0 Å². The molecule has 0 saturated carbocycles. The number of thiophene rings is 1. The van der Waals surface area contributed by atoms with Crippen molar-refractivity contribution in [1.82, 2.24) is 9.97 Å². The molecule has 0 bridgehead atoms. The average Bonchev–Trinajstić information content (AvgIpc) is 3.47. The molecule has 0 fully saturated rings. The summed E-state index contributed by atoms with van der Waals surface area (Å²) in [5.41, 5.74) is 3.55. The molecule has 9 heteroatoms. The maximum Gasteiger partial charge on any atom is 0.232 e. The SMILES string of the molecule is O=C(Cc1csc(-c2ccsc2)n1)Nc1nc(-c2ccc3c(c2)OCO3)cs1. The van der Waals surface area contributed by atoms with Crippen LogP contribution in [0.1, 0.15) is 5.69 Å². The normalized spacial score (nSPS) is 12.3. The van der Waals surface area contributed by atoms with Gasteiger partial charge < -0.3 is 14.8 Å². The molecule has 1 aromatic carbocycles. The molecule has 4 aromatic rings. The summed E-state index contributed by atoms with van der Waals surface area (Å²) in [6, 6.07) is 7.71. The summed E-state index contributed by atoms with van der Waals surface area (Å²) in [4.78, 5) is 21.4. The molecule has 4 heterocycles. The van der Waals surface area contributed by atoms with E-state index in [1.54, 1.807) is 22.7 Å². The van der Waals surface area contributed by atoms with Gasteiger partial charge in [0, 0.05) is 27.3 Å². The number of rotatable bonds is 5. The molecule has 1 amide bonds. The van der Waals surface area contributed by atoms with Crippen molar-refractivity contribution in [3.63, 3.8) is 0 Å². The summed E-state index contributed by atoms with van der Waals surface area (Å²) in [5, 5.41) is 12.3. The smallest absolute Gasteiger partial charge is 0.232 e. The van der Waals surface area contributed by atoms with Gasteiger partial charge in [0.15, 0.2) is 16.6 Å². The average molecular weight is 428 g/mol. The van der Waals surface area contributed by atoms with Gasteiger partial charge in [-0.3, -0.25) is 4.79 Å². The minimum atomic E-state index is -0.131. The van der Waals surface area contributed by atoms with Gasteiger partial charge in [0.25, 0.3) is 0 Å². The van der Waals surface area contributed by atoms with E-state index in [1.807, 2.05) is 40.4 Å². The van der Waals surface area contributed by atoms with Gasteiger partial charge in [0.1, 0.15) is 5.01 Å². The van der Waals surface area contributed by atoms with Gasteiger partial charge in [0.2, 0.25) is 12.7 Å². The van der Waals surface area contributed by atoms with E-state index < -0.39 is 0 Å². The predicted molar refractivity (Wildman–Crippen MR) is 111 cm³/mol. The number of hydrogen-bond acceptors (Lipinski definition) is 8. The lowest BCUT2D eigenvalue weighted by atomic mass is 10.1. The second kappa shape index (κ2) is 7.34. The Morgan fingerprint density at radius 3 is 2.86 bits per heavy atom. The minimum absolute atomic E-state index is 0.131. The van der Waals surface area contributed by atoms with E-state index in [4.69, 9.17) is 9.47 Å². The number of nitrogens with one attached hydrogen (secondary N) is 1. The number of nitrogens with zero attached hydrogens (tertiary/aromatic N) is 2. The van der Waals surface area contributed by atoms with E-state index in [0.29, 0.717) is 10.9 Å². The first-order valence-electron chi connectivity index (χ1n) is 8.37. The Balaban J connectivity index is 1.25. The highest BCUT2D eigenvalue weighted by Gasteiger charge is 2.16. The van der Waals surface area contributed by atoms with E-state index in [0.717, 1.165) is 33.3 Å². The van der Waals surface area contributed by atoms with Crippen LogP contribution in [0.4, 0.5) is 5.13 Å². The highest BCUT2D eigenvalue weighted by Crippen LogP contribution is 2.36. The number of amides is 1. The Kier molecular flexibility index (Phi) is 4.55. The lowest BCUT2D eigenvalue weighted by molar-refractivity contribution is -0.115. The molecule has 0 radical (unpaired) electrons. The standard InChI is InChI=1S/C19H13N3O3S3/c23-17(6-13-8-27-18(20-13)12-3-4-26-7-12)22-19-21-14(9-28-19)11-1-2-15-16(5-11)25-10-24-15/h1-5,7-9H,6,10H2,(H,21,22,23). The zero-order valence-corrected chi connectivity index (χ0v) is 16.8. The van der Waals surface area contributed by atoms with Gasteiger partial charge in [-0.2, -0.15) is 11.3 Å². The molecule has 5 rings (SSSR count). The molecule has 3 aromatic heterocycles. The Morgan fingerprint density at radius 2 is 1.96 bits per heavy atom. The molecular weight excluding hydrogens is 414 g/mol. The third-order valence-electron chi connectivity index (χ3n) is 4.08. The fourth-order valence-electron chi connectivity index (χ4n) is 2.75. The predicted octanol–water partition coefficient (Wildman–Crippen LogP) is 4.91.